The number of nitrogens with one attached hydrogen (secondary N) is 4. The van der Waals surface area contributed by atoms with E-state index in [-0.39, 0.29) is 19.3 Å². The first-order valence-electron chi connectivity index (χ1n) is 14.1. The van der Waals surface area contributed by atoms with Gasteiger partial charge < -0.3 is 48.3 Å². The van der Waals surface area contributed by atoms with Crippen molar-refractivity contribution in [2.24, 2.45) is 17.2 Å². The average molecular weight is 590 g/mol. The number of rotatable bonds is 20. The van der Waals surface area contributed by atoms with Gasteiger partial charge in [0, 0.05) is 29.9 Å². The van der Waals surface area contributed by atoms with Gasteiger partial charge in [-0.15, -0.1) is 0 Å². The molecule has 3 amide bonds. The van der Waals surface area contributed by atoms with Gasteiger partial charge in [0.2, 0.25) is 17.7 Å². The van der Waals surface area contributed by atoms with Crippen molar-refractivity contribution in [3.63, 3.8) is 0 Å². The Morgan fingerprint density at radius 1 is 0.762 bits per heavy atom. The number of hydrogen-bond acceptors (Lipinski definition) is 8. The molecule has 232 valence electrons. The van der Waals surface area contributed by atoms with Crippen LogP contribution in [0.3, 0.4) is 0 Å². The largest absolute Gasteiger partial charge is 0.481 e. The summed E-state index contributed by atoms with van der Waals surface area (Å²) in [5, 5.41) is 27.4. The molecule has 0 saturated heterocycles. The number of carbonyl (C=O) groups excluding carboxylic acids is 3. The first-order chi connectivity index (χ1) is 20.1. The van der Waals surface area contributed by atoms with E-state index in [4.69, 9.17) is 22.3 Å². The molecule has 1 heterocycles. The summed E-state index contributed by atoms with van der Waals surface area (Å²) in [6.45, 7) is 0.788. The van der Waals surface area contributed by atoms with Gasteiger partial charge in [0.15, 0.2) is 0 Å². The van der Waals surface area contributed by atoms with Gasteiger partial charge in [0.05, 0.1) is 6.04 Å². The van der Waals surface area contributed by atoms with Crippen LogP contribution in [0.25, 0.3) is 10.9 Å². The molecule has 0 aliphatic heterocycles. The Hall–Kier alpha value is -4.01. The highest BCUT2D eigenvalue weighted by atomic mass is 16.4. The molecule has 0 saturated carbocycles. The summed E-state index contributed by atoms with van der Waals surface area (Å²) in [6.07, 6.45) is 3.76. The average Bonchev–Trinajstić information content (AvgIpc) is 3.36. The first-order valence-corrected chi connectivity index (χ1v) is 14.1. The summed E-state index contributed by atoms with van der Waals surface area (Å²) in [5.74, 6) is -4.57. The highest BCUT2D eigenvalue weighted by Gasteiger charge is 2.31. The Labute approximate surface area is 244 Å². The van der Waals surface area contributed by atoms with Crippen LogP contribution < -0.4 is 33.2 Å². The van der Waals surface area contributed by atoms with Gasteiger partial charge in [0.1, 0.15) is 18.1 Å². The lowest BCUT2D eigenvalue weighted by Crippen LogP contribution is -2.57. The minimum atomic E-state index is -1.29. The van der Waals surface area contributed by atoms with Crippen LogP contribution in [0.15, 0.2) is 30.5 Å². The summed E-state index contributed by atoms with van der Waals surface area (Å²) in [4.78, 5) is 65.6. The molecule has 0 fully saturated rings. The van der Waals surface area contributed by atoms with Crippen molar-refractivity contribution in [2.75, 3.05) is 13.1 Å². The van der Waals surface area contributed by atoms with Gasteiger partial charge in [-0.3, -0.25) is 19.2 Å². The number of aliphatic carboxylic acids is 2. The Morgan fingerprint density at radius 3 is 1.95 bits per heavy atom. The van der Waals surface area contributed by atoms with Crippen molar-refractivity contribution < 1.29 is 34.2 Å². The zero-order valence-electron chi connectivity index (χ0n) is 23.6. The maximum atomic E-state index is 13.3. The molecular formula is C28H43N7O7. The summed E-state index contributed by atoms with van der Waals surface area (Å²) in [5.41, 5.74) is 18.5. The van der Waals surface area contributed by atoms with E-state index in [0.717, 1.165) is 10.9 Å². The number of benzene rings is 1. The Kier molecular flexibility index (Phi) is 14.4. The number of carboxylic acids is 2. The number of aromatic amines is 1. The standard InChI is InChI=1S/C28H43N7O7/c29-13-5-3-8-19(31)25(38)33-22(11-12-24(36)37)27(40)34-21(10-4-6-14-30)26(39)35-23(28(41)42)15-17-16-32-20-9-2-1-7-18(17)20/h1-2,7,9,16,19,21-23,32H,3-6,8,10-15,29-31H2,(H,33,38)(H,34,40)(H,35,39)(H,36,37)(H,41,42). The third kappa shape index (κ3) is 11.1. The molecule has 2 rings (SSSR count). The molecular weight excluding hydrogens is 546 g/mol. The lowest BCUT2D eigenvalue weighted by molar-refractivity contribution is -0.142. The highest BCUT2D eigenvalue weighted by Crippen LogP contribution is 2.19. The Morgan fingerprint density at radius 2 is 1.33 bits per heavy atom. The number of fused-ring (bicyclic) bond motifs is 1. The van der Waals surface area contributed by atoms with Gasteiger partial charge in [-0.1, -0.05) is 24.6 Å². The van der Waals surface area contributed by atoms with Gasteiger partial charge in [-0.05, 0) is 63.2 Å². The third-order valence-electron chi connectivity index (χ3n) is 6.88. The fourth-order valence-electron chi connectivity index (χ4n) is 4.48. The van der Waals surface area contributed by atoms with Crippen LogP contribution in [-0.2, 0) is 30.4 Å². The van der Waals surface area contributed by atoms with E-state index in [2.05, 4.69) is 20.9 Å². The lowest BCUT2D eigenvalue weighted by Gasteiger charge is -2.25. The van der Waals surface area contributed by atoms with Crippen LogP contribution >= 0.6 is 0 Å². The van der Waals surface area contributed by atoms with Gasteiger partial charge >= 0.3 is 11.9 Å². The molecule has 0 bridgehead atoms. The van der Waals surface area contributed by atoms with Crippen LogP contribution in [0.2, 0.25) is 0 Å². The minimum Gasteiger partial charge on any atom is -0.481 e. The monoisotopic (exact) mass is 589 g/mol. The second-order valence-corrected chi connectivity index (χ2v) is 10.2. The molecule has 0 spiro atoms. The Balaban J connectivity index is 2.17. The molecule has 1 aromatic carbocycles. The maximum Gasteiger partial charge on any atom is 0.326 e. The highest BCUT2D eigenvalue weighted by molar-refractivity contribution is 5.94. The minimum absolute atomic E-state index is 0.00606. The zero-order chi connectivity index (χ0) is 31.1. The van der Waals surface area contributed by atoms with Crippen LogP contribution in [0, 0.1) is 0 Å². The Bertz CT molecular complexity index is 1200. The summed E-state index contributed by atoms with van der Waals surface area (Å²) < 4.78 is 0. The van der Waals surface area contributed by atoms with E-state index in [9.17, 15) is 29.1 Å². The topological polar surface area (TPSA) is 256 Å². The predicted octanol–water partition coefficient (Wildman–Crippen LogP) is -0.300. The van der Waals surface area contributed by atoms with Crippen molar-refractivity contribution in [1.82, 2.24) is 20.9 Å². The molecule has 4 unspecified atom stereocenters. The molecule has 0 aliphatic rings. The molecule has 42 heavy (non-hydrogen) atoms. The summed E-state index contributed by atoms with van der Waals surface area (Å²) >= 11 is 0. The van der Waals surface area contributed by atoms with E-state index in [1.54, 1.807) is 6.20 Å². The van der Waals surface area contributed by atoms with Gasteiger partial charge in [-0.2, -0.15) is 0 Å². The molecule has 2 aromatic rings. The van der Waals surface area contributed by atoms with Crippen LogP contribution in [0.1, 0.15) is 56.9 Å². The van der Waals surface area contributed by atoms with E-state index in [1.165, 1.54) is 0 Å². The first kappa shape index (κ1) is 34.2. The fourth-order valence-corrected chi connectivity index (χ4v) is 4.48. The number of amides is 3. The van der Waals surface area contributed by atoms with Crippen molar-refractivity contribution >= 4 is 40.6 Å². The SMILES string of the molecule is NCCCCC(N)C(=O)NC(CCC(=O)O)C(=O)NC(CCCCN)C(=O)NC(Cc1c[nH]c2ccccc12)C(=O)O. The number of para-hydroxylation sites is 1. The normalized spacial score (nSPS) is 14.0. The van der Waals surface area contributed by atoms with Gasteiger partial charge in [-0.25, -0.2) is 4.79 Å². The van der Waals surface area contributed by atoms with E-state index in [1.807, 2.05) is 24.3 Å². The molecule has 0 aliphatic carbocycles. The quantitative estimate of drug-likeness (QED) is 0.0911. The second kappa shape index (κ2) is 17.7. The predicted molar refractivity (Wildman–Crippen MR) is 156 cm³/mol. The van der Waals surface area contributed by atoms with Gasteiger partial charge in [0.25, 0.3) is 0 Å². The molecule has 1 aromatic heterocycles. The summed E-state index contributed by atoms with van der Waals surface area (Å²) in [7, 11) is 0. The van der Waals surface area contributed by atoms with Crippen LogP contribution in [0.5, 0.6) is 0 Å². The zero-order valence-corrected chi connectivity index (χ0v) is 23.6. The molecule has 14 heteroatoms. The molecule has 0 radical (unpaired) electrons. The number of unbranched alkanes of at least 4 members (excludes halogenated alkanes) is 2. The number of carboxylic acid groups (broad SMARTS) is 2. The molecule has 12 N–H and O–H groups in total. The smallest absolute Gasteiger partial charge is 0.326 e. The van der Waals surface area contributed by atoms with Crippen LogP contribution in [-0.4, -0.2) is 82.1 Å². The van der Waals surface area contributed by atoms with Crippen molar-refractivity contribution in [2.45, 2.75) is 82.0 Å². The lowest BCUT2D eigenvalue weighted by atomic mass is 10.0. The van der Waals surface area contributed by atoms with Crippen molar-refractivity contribution in [1.29, 1.82) is 0 Å². The van der Waals surface area contributed by atoms with Crippen LogP contribution in [0.4, 0.5) is 0 Å². The maximum absolute atomic E-state index is 13.3. The molecule has 14 nitrogen and oxygen atoms in total. The number of aromatic nitrogens is 1. The van der Waals surface area contributed by atoms with E-state index in [0.29, 0.717) is 50.8 Å². The number of hydrogen-bond donors (Lipinski definition) is 9. The second-order valence-electron chi connectivity index (χ2n) is 10.2. The van der Waals surface area contributed by atoms with Crippen molar-refractivity contribution in [3.8, 4) is 0 Å². The molecule has 4 atom stereocenters. The van der Waals surface area contributed by atoms with E-state index < -0.39 is 60.2 Å². The fraction of sp³-hybridized carbons (Fsp3) is 0.536. The number of carbonyl (C=O) groups is 5. The van der Waals surface area contributed by atoms with E-state index >= 15 is 0 Å². The summed E-state index contributed by atoms with van der Waals surface area (Å²) in [6, 6.07) is 2.70. The van der Waals surface area contributed by atoms with Crippen molar-refractivity contribution in [3.05, 3.63) is 36.0 Å². The number of nitrogens with two attached hydrogens (primary N) is 3. The number of H-pyrrole nitrogens is 1. The third-order valence-corrected chi connectivity index (χ3v) is 6.88.